The van der Waals surface area contributed by atoms with E-state index >= 15 is 0 Å². The molecule has 0 saturated heterocycles. The Morgan fingerprint density at radius 1 is 1.14 bits per heavy atom. The van der Waals surface area contributed by atoms with Crippen molar-refractivity contribution in [3.63, 3.8) is 0 Å². The number of carbonyl (C=O) groups excluding carboxylic acids is 3. The molecule has 21 heavy (non-hydrogen) atoms. The maximum absolute atomic E-state index is 12.1. The van der Waals surface area contributed by atoms with Gasteiger partial charge in [-0.3, -0.25) is 14.4 Å². The maximum atomic E-state index is 12.1. The monoisotopic (exact) mass is 291 g/mol. The number of nitrogens with one attached hydrogen (secondary N) is 1. The van der Waals surface area contributed by atoms with Gasteiger partial charge in [-0.25, -0.2) is 4.90 Å². The number of nitrogens with zero attached hydrogens (tertiary/aromatic N) is 1. The van der Waals surface area contributed by atoms with Crippen LogP contribution in [0, 0.1) is 0 Å². The number of imide groups is 1. The molecule has 0 spiro atoms. The van der Waals surface area contributed by atoms with Crippen LogP contribution in [-0.2, 0) is 14.4 Å². The SMILES string of the molecule is CCCCCNC(=O)C(=O)N(C(C)=O)c1ccc(N)cc1. The fourth-order valence-electron chi connectivity index (χ4n) is 1.82. The van der Waals surface area contributed by atoms with Crippen molar-refractivity contribution in [1.82, 2.24) is 5.32 Å². The molecule has 1 aromatic rings. The summed E-state index contributed by atoms with van der Waals surface area (Å²) < 4.78 is 0. The van der Waals surface area contributed by atoms with Crippen LogP contribution in [0.25, 0.3) is 0 Å². The van der Waals surface area contributed by atoms with E-state index in [1.54, 1.807) is 12.1 Å². The van der Waals surface area contributed by atoms with Crippen LogP contribution in [0.5, 0.6) is 0 Å². The van der Waals surface area contributed by atoms with Crippen LogP contribution in [0.3, 0.4) is 0 Å². The topological polar surface area (TPSA) is 92.5 Å². The predicted octanol–water partition coefficient (Wildman–Crippen LogP) is 1.45. The number of nitrogens with two attached hydrogens (primary N) is 1. The van der Waals surface area contributed by atoms with Crippen molar-refractivity contribution in [2.75, 3.05) is 17.2 Å². The van der Waals surface area contributed by atoms with Crippen molar-refractivity contribution >= 4 is 29.1 Å². The lowest BCUT2D eigenvalue weighted by Crippen LogP contribution is -2.45. The summed E-state index contributed by atoms with van der Waals surface area (Å²) in [5.74, 6) is -2.18. The Morgan fingerprint density at radius 2 is 1.76 bits per heavy atom. The Labute approximate surface area is 124 Å². The van der Waals surface area contributed by atoms with Gasteiger partial charge in [0.05, 0.1) is 5.69 Å². The number of unbranched alkanes of at least 4 members (excludes halogenated alkanes) is 2. The Kier molecular flexibility index (Phi) is 6.39. The van der Waals surface area contributed by atoms with Gasteiger partial charge in [0, 0.05) is 19.2 Å². The van der Waals surface area contributed by atoms with E-state index in [0.29, 0.717) is 17.9 Å². The molecule has 114 valence electrons. The molecule has 0 bridgehead atoms. The van der Waals surface area contributed by atoms with Crippen LogP contribution in [0.1, 0.15) is 33.1 Å². The van der Waals surface area contributed by atoms with Crippen molar-refractivity contribution in [2.24, 2.45) is 0 Å². The molecular weight excluding hydrogens is 270 g/mol. The standard InChI is InChI=1S/C15H21N3O3/c1-3-4-5-10-17-14(20)15(21)18(11(2)19)13-8-6-12(16)7-9-13/h6-9H,3-5,10,16H2,1-2H3,(H,17,20). The Hall–Kier alpha value is -2.37. The predicted molar refractivity (Wildman–Crippen MR) is 81.6 cm³/mol. The number of carbonyl (C=O) groups is 3. The maximum Gasteiger partial charge on any atom is 0.323 e. The molecule has 1 rings (SSSR count). The van der Waals surface area contributed by atoms with Crippen LogP contribution in [-0.4, -0.2) is 24.3 Å². The molecule has 0 unspecified atom stereocenters. The molecule has 3 N–H and O–H groups in total. The molecule has 0 fully saturated rings. The zero-order valence-electron chi connectivity index (χ0n) is 12.4. The molecule has 1 aromatic carbocycles. The number of nitrogen functional groups attached to an aromatic ring is 1. The Morgan fingerprint density at radius 3 is 2.29 bits per heavy atom. The first-order valence-electron chi connectivity index (χ1n) is 6.95. The van der Waals surface area contributed by atoms with E-state index in [1.807, 2.05) is 6.92 Å². The second kappa shape index (κ2) is 8.04. The van der Waals surface area contributed by atoms with E-state index in [9.17, 15) is 14.4 Å². The fourth-order valence-corrected chi connectivity index (χ4v) is 1.82. The normalized spacial score (nSPS) is 10.0. The summed E-state index contributed by atoms with van der Waals surface area (Å²) in [6.07, 6.45) is 2.80. The van der Waals surface area contributed by atoms with Gasteiger partial charge in [0.15, 0.2) is 0 Å². The molecule has 0 aliphatic carbocycles. The van der Waals surface area contributed by atoms with Crippen LogP contribution in [0.2, 0.25) is 0 Å². The highest BCUT2D eigenvalue weighted by Crippen LogP contribution is 2.16. The molecular formula is C15H21N3O3. The van der Waals surface area contributed by atoms with Gasteiger partial charge >= 0.3 is 11.8 Å². The highest BCUT2D eigenvalue weighted by Gasteiger charge is 2.26. The minimum Gasteiger partial charge on any atom is -0.399 e. The lowest BCUT2D eigenvalue weighted by molar-refractivity contribution is -0.139. The zero-order valence-corrected chi connectivity index (χ0v) is 12.4. The van der Waals surface area contributed by atoms with Crippen molar-refractivity contribution in [2.45, 2.75) is 33.1 Å². The minimum atomic E-state index is -0.885. The second-order valence-corrected chi connectivity index (χ2v) is 4.71. The number of hydrogen-bond acceptors (Lipinski definition) is 4. The van der Waals surface area contributed by atoms with Crippen LogP contribution < -0.4 is 16.0 Å². The van der Waals surface area contributed by atoms with E-state index in [1.165, 1.54) is 19.1 Å². The van der Waals surface area contributed by atoms with E-state index in [2.05, 4.69) is 5.32 Å². The zero-order chi connectivity index (χ0) is 15.8. The summed E-state index contributed by atoms with van der Waals surface area (Å²) in [5, 5.41) is 2.53. The summed E-state index contributed by atoms with van der Waals surface area (Å²) in [6.45, 7) is 3.70. The number of hydrogen-bond donors (Lipinski definition) is 2. The molecule has 3 amide bonds. The third kappa shape index (κ3) is 4.91. The van der Waals surface area contributed by atoms with Crippen molar-refractivity contribution < 1.29 is 14.4 Å². The largest absolute Gasteiger partial charge is 0.399 e. The smallest absolute Gasteiger partial charge is 0.323 e. The molecule has 0 radical (unpaired) electrons. The van der Waals surface area contributed by atoms with Gasteiger partial charge in [0.1, 0.15) is 0 Å². The van der Waals surface area contributed by atoms with Crippen molar-refractivity contribution in [1.29, 1.82) is 0 Å². The van der Waals surface area contributed by atoms with E-state index < -0.39 is 17.7 Å². The number of anilines is 2. The van der Waals surface area contributed by atoms with E-state index in [-0.39, 0.29) is 0 Å². The first-order valence-corrected chi connectivity index (χ1v) is 6.95. The summed E-state index contributed by atoms with van der Waals surface area (Å²) >= 11 is 0. The van der Waals surface area contributed by atoms with Gasteiger partial charge in [-0.05, 0) is 30.7 Å². The Bertz CT molecular complexity index is 511. The van der Waals surface area contributed by atoms with Gasteiger partial charge in [-0.15, -0.1) is 0 Å². The lowest BCUT2D eigenvalue weighted by Gasteiger charge is -2.18. The lowest BCUT2D eigenvalue weighted by atomic mass is 10.2. The first kappa shape index (κ1) is 16.7. The van der Waals surface area contributed by atoms with E-state index in [4.69, 9.17) is 5.73 Å². The number of rotatable bonds is 5. The van der Waals surface area contributed by atoms with Gasteiger partial charge in [0.25, 0.3) is 0 Å². The summed E-state index contributed by atoms with van der Waals surface area (Å²) in [4.78, 5) is 36.4. The molecule has 6 nitrogen and oxygen atoms in total. The third-order valence-electron chi connectivity index (χ3n) is 2.93. The molecule has 0 heterocycles. The van der Waals surface area contributed by atoms with Crippen LogP contribution in [0.15, 0.2) is 24.3 Å². The minimum absolute atomic E-state index is 0.324. The van der Waals surface area contributed by atoms with Gasteiger partial charge < -0.3 is 11.1 Å². The average molecular weight is 291 g/mol. The summed E-state index contributed by atoms with van der Waals surface area (Å²) in [6, 6.07) is 6.19. The Balaban J connectivity index is 2.76. The highest BCUT2D eigenvalue weighted by atomic mass is 16.2. The average Bonchev–Trinajstić information content (AvgIpc) is 2.45. The molecule has 0 aliphatic heterocycles. The third-order valence-corrected chi connectivity index (χ3v) is 2.93. The molecule has 0 aliphatic rings. The quantitative estimate of drug-likeness (QED) is 0.488. The van der Waals surface area contributed by atoms with Crippen LogP contribution in [0.4, 0.5) is 11.4 Å². The van der Waals surface area contributed by atoms with Crippen molar-refractivity contribution in [3.05, 3.63) is 24.3 Å². The fraction of sp³-hybridized carbons (Fsp3) is 0.400. The first-order chi connectivity index (χ1) is 9.97. The van der Waals surface area contributed by atoms with Gasteiger partial charge in [-0.2, -0.15) is 0 Å². The molecule has 0 aromatic heterocycles. The van der Waals surface area contributed by atoms with Gasteiger partial charge in [-0.1, -0.05) is 19.8 Å². The van der Waals surface area contributed by atoms with Crippen molar-refractivity contribution in [3.8, 4) is 0 Å². The summed E-state index contributed by atoms with van der Waals surface area (Å²) in [7, 11) is 0. The molecule has 0 saturated carbocycles. The molecule has 6 heteroatoms. The number of amides is 3. The van der Waals surface area contributed by atoms with Gasteiger partial charge in [0.2, 0.25) is 5.91 Å². The molecule has 0 atom stereocenters. The summed E-state index contributed by atoms with van der Waals surface area (Å²) in [5.41, 5.74) is 6.40. The number of benzene rings is 1. The van der Waals surface area contributed by atoms with Crippen LogP contribution >= 0.6 is 0 Å². The van der Waals surface area contributed by atoms with E-state index in [0.717, 1.165) is 24.2 Å². The highest BCUT2D eigenvalue weighted by molar-refractivity contribution is 6.45. The second-order valence-electron chi connectivity index (χ2n) is 4.71.